The first-order chi connectivity index (χ1) is 10.2. The van der Waals surface area contributed by atoms with E-state index >= 15 is 0 Å². The van der Waals surface area contributed by atoms with E-state index in [1.54, 1.807) is 14.2 Å². The number of halogens is 1. The molecule has 0 saturated carbocycles. The minimum Gasteiger partial charge on any atom is -0.496 e. The molecule has 0 aromatic heterocycles. The highest BCUT2D eigenvalue weighted by atomic mass is 35.5. The second-order valence-corrected chi connectivity index (χ2v) is 5.11. The first-order valence-corrected chi connectivity index (χ1v) is 7.27. The predicted molar refractivity (Wildman–Crippen MR) is 86.4 cm³/mol. The first-order valence-electron chi connectivity index (χ1n) is 6.89. The Kier molecular flexibility index (Phi) is 5.90. The normalized spacial score (nSPS) is 10.4. The van der Waals surface area contributed by atoms with Crippen LogP contribution in [0.25, 0.3) is 0 Å². The van der Waals surface area contributed by atoms with E-state index in [-0.39, 0.29) is 0 Å². The number of para-hydroxylation sites is 1. The minimum absolute atomic E-state index is 0.640. The molecule has 21 heavy (non-hydrogen) atoms. The number of hydrogen-bond acceptors (Lipinski definition) is 3. The molecule has 0 atom stereocenters. The molecule has 2 aromatic rings. The van der Waals surface area contributed by atoms with Crippen LogP contribution in [-0.2, 0) is 13.0 Å². The van der Waals surface area contributed by atoms with Crippen molar-refractivity contribution in [3.63, 3.8) is 0 Å². The second-order valence-electron chi connectivity index (χ2n) is 4.71. The first kappa shape index (κ1) is 15.7. The average Bonchev–Trinajstić information content (AvgIpc) is 2.52. The van der Waals surface area contributed by atoms with E-state index < -0.39 is 0 Å². The third-order valence-electron chi connectivity index (χ3n) is 3.31. The fourth-order valence-corrected chi connectivity index (χ4v) is 2.47. The largest absolute Gasteiger partial charge is 0.496 e. The Morgan fingerprint density at radius 1 is 1.00 bits per heavy atom. The van der Waals surface area contributed by atoms with Gasteiger partial charge in [0.2, 0.25) is 0 Å². The number of hydrogen-bond donors (Lipinski definition) is 1. The van der Waals surface area contributed by atoms with Gasteiger partial charge in [-0.1, -0.05) is 35.9 Å². The smallest absolute Gasteiger partial charge is 0.137 e. The summed E-state index contributed by atoms with van der Waals surface area (Å²) in [5.74, 6) is 1.64. The van der Waals surface area contributed by atoms with Crippen molar-refractivity contribution in [1.29, 1.82) is 0 Å². The Morgan fingerprint density at radius 3 is 2.48 bits per heavy atom. The van der Waals surface area contributed by atoms with Gasteiger partial charge < -0.3 is 14.8 Å². The van der Waals surface area contributed by atoms with Gasteiger partial charge in [-0.25, -0.2) is 0 Å². The zero-order valence-electron chi connectivity index (χ0n) is 12.4. The zero-order valence-corrected chi connectivity index (χ0v) is 13.1. The molecule has 0 fully saturated rings. The highest BCUT2D eigenvalue weighted by molar-refractivity contribution is 6.32. The van der Waals surface area contributed by atoms with Crippen LogP contribution in [-0.4, -0.2) is 20.8 Å². The van der Waals surface area contributed by atoms with E-state index in [2.05, 4.69) is 11.4 Å². The van der Waals surface area contributed by atoms with Gasteiger partial charge in [-0.05, 0) is 42.3 Å². The lowest BCUT2D eigenvalue weighted by molar-refractivity contribution is 0.409. The van der Waals surface area contributed by atoms with Crippen molar-refractivity contribution in [2.75, 3.05) is 20.8 Å². The molecular weight excluding hydrogens is 286 g/mol. The van der Waals surface area contributed by atoms with Crippen LogP contribution < -0.4 is 14.8 Å². The maximum absolute atomic E-state index is 6.11. The molecule has 0 heterocycles. The summed E-state index contributed by atoms with van der Waals surface area (Å²) < 4.78 is 10.5. The summed E-state index contributed by atoms with van der Waals surface area (Å²) in [7, 11) is 3.32. The van der Waals surface area contributed by atoms with E-state index in [0.717, 1.165) is 30.8 Å². The third-order valence-corrected chi connectivity index (χ3v) is 3.60. The van der Waals surface area contributed by atoms with Crippen LogP contribution in [0.15, 0.2) is 42.5 Å². The van der Waals surface area contributed by atoms with Crippen molar-refractivity contribution in [3.05, 3.63) is 58.6 Å². The highest BCUT2D eigenvalue weighted by Gasteiger charge is 2.03. The fraction of sp³-hybridized carbons (Fsp3) is 0.294. The van der Waals surface area contributed by atoms with E-state index in [9.17, 15) is 0 Å². The molecular formula is C17H20ClNO2. The molecule has 2 rings (SSSR count). The van der Waals surface area contributed by atoms with Crippen LogP contribution in [0.1, 0.15) is 11.1 Å². The van der Waals surface area contributed by atoms with Crippen molar-refractivity contribution in [2.24, 2.45) is 0 Å². The molecule has 0 aliphatic carbocycles. The maximum Gasteiger partial charge on any atom is 0.137 e. The summed E-state index contributed by atoms with van der Waals surface area (Å²) in [5, 5.41) is 4.05. The van der Waals surface area contributed by atoms with Gasteiger partial charge >= 0.3 is 0 Å². The van der Waals surface area contributed by atoms with E-state index in [0.29, 0.717) is 10.8 Å². The molecule has 0 bridgehead atoms. The standard InChI is InChI=1S/C17H20ClNO2/c1-20-16-6-4-3-5-14(16)9-10-19-12-13-7-8-17(21-2)15(18)11-13/h3-8,11,19H,9-10,12H2,1-2H3. The van der Waals surface area contributed by atoms with Crippen molar-refractivity contribution in [1.82, 2.24) is 5.32 Å². The van der Waals surface area contributed by atoms with E-state index in [1.807, 2.05) is 36.4 Å². The Labute approximate surface area is 130 Å². The number of ether oxygens (including phenoxy) is 2. The SMILES string of the molecule is COc1ccc(CNCCc2ccccc2OC)cc1Cl. The van der Waals surface area contributed by atoms with Crippen molar-refractivity contribution in [3.8, 4) is 11.5 Å². The molecule has 0 aliphatic heterocycles. The van der Waals surface area contributed by atoms with Gasteiger partial charge in [0.1, 0.15) is 11.5 Å². The Morgan fingerprint density at radius 2 is 1.76 bits per heavy atom. The predicted octanol–water partition coefficient (Wildman–Crippen LogP) is 3.69. The van der Waals surface area contributed by atoms with Gasteiger partial charge in [0.05, 0.1) is 19.2 Å². The Balaban J connectivity index is 1.83. The molecule has 0 spiro atoms. The lowest BCUT2D eigenvalue weighted by Gasteiger charge is -2.10. The van der Waals surface area contributed by atoms with E-state index in [1.165, 1.54) is 5.56 Å². The minimum atomic E-state index is 0.640. The summed E-state index contributed by atoms with van der Waals surface area (Å²) >= 11 is 6.11. The summed E-state index contributed by atoms with van der Waals surface area (Å²) in [6.45, 7) is 1.66. The number of methoxy groups -OCH3 is 2. The molecule has 4 heteroatoms. The molecule has 112 valence electrons. The van der Waals surface area contributed by atoms with Crippen LogP contribution in [0.5, 0.6) is 11.5 Å². The van der Waals surface area contributed by atoms with Crippen molar-refractivity contribution >= 4 is 11.6 Å². The van der Waals surface area contributed by atoms with Gasteiger partial charge in [-0.3, -0.25) is 0 Å². The maximum atomic E-state index is 6.11. The summed E-state index contributed by atoms with van der Waals surface area (Å²) in [6, 6.07) is 13.9. The molecule has 0 radical (unpaired) electrons. The van der Waals surface area contributed by atoms with Crippen LogP contribution in [0, 0.1) is 0 Å². The topological polar surface area (TPSA) is 30.5 Å². The molecule has 1 N–H and O–H groups in total. The zero-order chi connectivity index (χ0) is 15.1. The lowest BCUT2D eigenvalue weighted by atomic mass is 10.1. The van der Waals surface area contributed by atoms with Gasteiger partial charge in [0.15, 0.2) is 0 Å². The van der Waals surface area contributed by atoms with Gasteiger partial charge in [0.25, 0.3) is 0 Å². The fourth-order valence-electron chi connectivity index (χ4n) is 2.19. The van der Waals surface area contributed by atoms with Crippen LogP contribution in [0.2, 0.25) is 5.02 Å². The highest BCUT2D eigenvalue weighted by Crippen LogP contribution is 2.24. The van der Waals surface area contributed by atoms with Gasteiger partial charge in [-0.15, -0.1) is 0 Å². The molecule has 3 nitrogen and oxygen atoms in total. The molecule has 0 saturated heterocycles. The molecule has 0 unspecified atom stereocenters. The Hall–Kier alpha value is -1.71. The lowest BCUT2D eigenvalue weighted by Crippen LogP contribution is -2.17. The van der Waals surface area contributed by atoms with Crippen LogP contribution >= 0.6 is 11.6 Å². The van der Waals surface area contributed by atoms with Crippen LogP contribution in [0.4, 0.5) is 0 Å². The summed E-state index contributed by atoms with van der Waals surface area (Å²) in [5.41, 5.74) is 2.35. The Bertz CT molecular complexity index is 587. The van der Waals surface area contributed by atoms with Gasteiger partial charge in [-0.2, -0.15) is 0 Å². The number of rotatable bonds is 7. The molecule has 2 aromatic carbocycles. The summed E-state index contributed by atoms with van der Waals surface area (Å²) in [6.07, 6.45) is 0.925. The second kappa shape index (κ2) is 7.91. The number of nitrogens with one attached hydrogen (secondary N) is 1. The van der Waals surface area contributed by atoms with Gasteiger partial charge in [0, 0.05) is 6.54 Å². The average molecular weight is 306 g/mol. The molecule has 0 amide bonds. The van der Waals surface area contributed by atoms with Crippen molar-refractivity contribution in [2.45, 2.75) is 13.0 Å². The summed E-state index contributed by atoms with van der Waals surface area (Å²) in [4.78, 5) is 0. The quantitative estimate of drug-likeness (QED) is 0.791. The molecule has 0 aliphatic rings. The monoisotopic (exact) mass is 305 g/mol. The number of benzene rings is 2. The van der Waals surface area contributed by atoms with Crippen molar-refractivity contribution < 1.29 is 9.47 Å². The van der Waals surface area contributed by atoms with E-state index in [4.69, 9.17) is 21.1 Å². The van der Waals surface area contributed by atoms with Crippen LogP contribution in [0.3, 0.4) is 0 Å². The third kappa shape index (κ3) is 4.38.